The Kier molecular flexibility index (Phi) is 5.80. The van der Waals surface area contributed by atoms with Gasteiger partial charge in [-0.3, -0.25) is 4.79 Å². The summed E-state index contributed by atoms with van der Waals surface area (Å²) in [5.74, 6) is -1.81. The van der Waals surface area contributed by atoms with Gasteiger partial charge in [0.25, 0.3) is 0 Å². The third-order valence-electron chi connectivity index (χ3n) is 2.29. The van der Waals surface area contributed by atoms with E-state index in [1.165, 1.54) is 11.3 Å². The fourth-order valence-electron chi connectivity index (χ4n) is 1.33. The van der Waals surface area contributed by atoms with Crippen LogP contribution >= 0.6 is 11.3 Å². The molecule has 1 aromatic rings. The number of carboxylic acids is 1. The van der Waals surface area contributed by atoms with Crippen LogP contribution in [0.4, 0.5) is 4.79 Å². The van der Waals surface area contributed by atoms with Gasteiger partial charge in [0, 0.05) is 11.3 Å². The number of hydrogen-bond acceptors (Lipinski definition) is 4. The number of carbonyl (C=O) groups excluding carboxylic acids is 2. The standard InChI is InChI=1S/C11H15N3O4S/c12-9(15)4-3-8(10(16)17)14-11(18)13-6-7-2-1-5-19-7/h1-2,5,8H,3-4,6H2,(H2,12,15)(H,16,17)(H2,13,14,18). The van der Waals surface area contributed by atoms with Gasteiger partial charge in [-0.05, 0) is 17.9 Å². The van der Waals surface area contributed by atoms with E-state index in [1.807, 2.05) is 17.5 Å². The summed E-state index contributed by atoms with van der Waals surface area (Å²) >= 11 is 1.48. The number of aliphatic carboxylic acids is 1. The highest BCUT2D eigenvalue weighted by Crippen LogP contribution is 2.07. The first kappa shape index (κ1) is 15.0. The number of hydrogen-bond donors (Lipinski definition) is 4. The number of urea groups is 1. The van der Waals surface area contributed by atoms with Crippen molar-refractivity contribution in [3.8, 4) is 0 Å². The fourth-order valence-corrected chi connectivity index (χ4v) is 1.98. The summed E-state index contributed by atoms with van der Waals surface area (Å²) in [6.07, 6.45) is -0.126. The normalized spacial score (nSPS) is 11.6. The van der Waals surface area contributed by atoms with Crippen molar-refractivity contribution in [3.63, 3.8) is 0 Å². The molecule has 0 saturated heterocycles. The maximum absolute atomic E-state index is 11.5. The Morgan fingerprint density at radius 1 is 1.42 bits per heavy atom. The molecule has 1 heterocycles. The summed E-state index contributed by atoms with van der Waals surface area (Å²) < 4.78 is 0. The molecule has 7 nitrogen and oxygen atoms in total. The van der Waals surface area contributed by atoms with Crippen molar-refractivity contribution in [3.05, 3.63) is 22.4 Å². The van der Waals surface area contributed by atoms with Crippen LogP contribution in [0.1, 0.15) is 17.7 Å². The number of thiophene rings is 1. The number of primary amides is 1. The summed E-state index contributed by atoms with van der Waals surface area (Å²) in [7, 11) is 0. The van der Waals surface area contributed by atoms with Crippen molar-refractivity contribution in [1.82, 2.24) is 10.6 Å². The summed E-state index contributed by atoms with van der Waals surface area (Å²) in [6, 6.07) is 1.99. The Labute approximate surface area is 113 Å². The predicted octanol–water partition coefficient (Wildman–Crippen LogP) is 0.266. The zero-order valence-electron chi connectivity index (χ0n) is 10.1. The van der Waals surface area contributed by atoms with E-state index in [9.17, 15) is 14.4 Å². The number of amides is 3. The Morgan fingerprint density at radius 3 is 2.68 bits per heavy atom. The molecule has 19 heavy (non-hydrogen) atoms. The van der Waals surface area contributed by atoms with Crippen LogP contribution in [0.3, 0.4) is 0 Å². The highest BCUT2D eigenvalue weighted by atomic mass is 32.1. The molecule has 1 atom stereocenters. The smallest absolute Gasteiger partial charge is 0.326 e. The first-order valence-electron chi connectivity index (χ1n) is 5.57. The molecule has 1 unspecified atom stereocenters. The monoisotopic (exact) mass is 285 g/mol. The number of rotatable bonds is 7. The quantitative estimate of drug-likeness (QED) is 0.574. The molecule has 0 saturated carbocycles. The highest BCUT2D eigenvalue weighted by Gasteiger charge is 2.20. The number of carboxylic acid groups (broad SMARTS) is 1. The van der Waals surface area contributed by atoms with Gasteiger partial charge in [-0.15, -0.1) is 11.3 Å². The Hall–Kier alpha value is -2.09. The van der Waals surface area contributed by atoms with Crippen LogP contribution < -0.4 is 16.4 Å². The molecule has 0 aliphatic heterocycles. The molecule has 0 fully saturated rings. The molecule has 0 spiro atoms. The van der Waals surface area contributed by atoms with E-state index in [0.717, 1.165) is 4.88 Å². The SMILES string of the molecule is NC(=O)CCC(NC(=O)NCc1cccs1)C(=O)O. The van der Waals surface area contributed by atoms with Gasteiger partial charge in [-0.25, -0.2) is 9.59 Å². The molecular formula is C11H15N3O4S. The van der Waals surface area contributed by atoms with E-state index in [-0.39, 0.29) is 12.8 Å². The lowest BCUT2D eigenvalue weighted by atomic mass is 10.1. The third-order valence-corrected chi connectivity index (χ3v) is 3.16. The number of nitrogens with two attached hydrogens (primary N) is 1. The molecule has 8 heteroatoms. The zero-order valence-corrected chi connectivity index (χ0v) is 10.9. The van der Waals surface area contributed by atoms with Crippen molar-refractivity contribution < 1.29 is 19.5 Å². The second-order valence-electron chi connectivity index (χ2n) is 3.80. The van der Waals surface area contributed by atoms with Crippen molar-refractivity contribution in [2.24, 2.45) is 5.73 Å². The van der Waals surface area contributed by atoms with E-state index >= 15 is 0 Å². The fraction of sp³-hybridized carbons (Fsp3) is 0.364. The number of nitrogens with one attached hydrogen (secondary N) is 2. The first-order chi connectivity index (χ1) is 8.99. The summed E-state index contributed by atoms with van der Waals surface area (Å²) in [6.45, 7) is 0.325. The largest absolute Gasteiger partial charge is 0.480 e. The van der Waals surface area contributed by atoms with Crippen LogP contribution in [0.25, 0.3) is 0 Å². The van der Waals surface area contributed by atoms with Crippen LogP contribution in [0.2, 0.25) is 0 Å². The van der Waals surface area contributed by atoms with E-state index in [1.54, 1.807) is 0 Å². The lowest BCUT2D eigenvalue weighted by Crippen LogP contribution is -2.46. The topological polar surface area (TPSA) is 122 Å². The van der Waals surface area contributed by atoms with Gasteiger partial charge in [0.05, 0.1) is 6.54 Å². The second kappa shape index (κ2) is 7.37. The lowest BCUT2D eigenvalue weighted by molar-refractivity contribution is -0.139. The molecule has 104 valence electrons. The van der Waals surface area contributed by atoms with Gasteiger partial charge in [0.2, 0.25) is 5.91 Å². The number of carbonyl (C=O) groups is 3. The Bertz CT molecular complexity index is 447. The van der Waals surface area contributed by atoms with Crippen LogP contribution in [0, 0.1) is 0 Å². The van der Waals surface area contributed by atoms with Crippen molar-refractivity contribution in [2.75, 3.05) is 0 Å². The molecule has 5 N–H and O–H groups in total. The lowest BCUT2D eigenvalue weighted by Gasteiger charge is -2.14. The van der Waals surface area contributed by atoms with Crippen LogP contribution in [-0.4, -0.2) is 29.1 Å². The Balaban J connectivity index is 2.38. The minimum atomic E-state index is -1.20. The molecule has 3 amide bonds. The second-order valence-corrected chi connectivity index (χ2v) is 4.83. The molecule has 1 aromatic heterocycles. The van der Waals surface area contributed by atoms with Crippen molar-refractivity contribution >= 4 is 29.2 Å². The van der Waals surface area contributed by atoms with E-state index < -0.39 is 23.9 Å². The van der Waals surface area contributed by atoms with E-state index in [4.69, 9.17) is 10.8 Å². The molecule has 0 radical (unpaired) electrons. The predicted molar refractivity (Wildman–Crippen MR) is 69.5 cm³/mol. The molecule has 1 rings (SSSR count). The third kappa shape index (κ3) is 5.87. The molecule has 0 bridgehead atoms. The van der Waals surface area contributed by atoms with Crippen molar-refractivity contribution in [1.29, 1.82) is 0 Å². The van der Waals surface area contributed by atoms with Gasteiger partial charge < -0.3 is 21.5 Å². The molecule has 0 aromatic carbocycles. The minimum Gasteiger partial charge on any atom is -0.480 e. The van der Waals surface area contributed by atoms with Gasteiger partial charge in [-0.1, -0.05) is 6.07 Å². The molecular weight excluding hydrogens is 270 g/mol. The van der Waals surface area contributed by atoms with Crippen LogP contribution in [0.15, 0.2) is 17.5 Å². The maximum Gasteiger partial charge on any atom is 0.326 e. The van der Waals surface area contributed by atoms with Gasteiger partial charge in [-0.2, -0.15) is 0 Å². The highest BCUT2D eigenvalue weighted by molar-refractivity contribution is 7.09. The summed E-state index contributed by atoms with van der Waals surface area (Å²) in [5.41, 5.74) is 4.94. The summed E-state index contributed by atoms with van der Waals surface area (Å²) in [4.78, 5) is 33.9. The van der Waals surface area contributed by atoms with Gasteiger partial charge in [0.1, 0.15) is 6.04 Å². The molecule has 0 aliphatic carbocycles. The van der Waals surface area contributed by atoms with Crippen LogP contribution in [-0.2, 0) is 16.1 Å². The van der Waals surface area contributed by atoms with Gasteiger partial charge >= 0.3 is 12.0 Å². The maximum atomic E-state index is 11.5. The van der Waals surface area contributed by atoms with E-state index in [2.05, 4.69) is 10.6 Å². The van der Waals surface area contributed by atoms with Crippen molar-refractivity contribution in [2.45, 2.75) is 25.4 Å². The average Bonchev–Trinajstić information content (AvgIpc) is 2.84. The zero-order chi connectivity index (χ0) is 14.3. The first-order valence-corrected chi connectivity index (χ1v) is 6.45. The Morgan fingerprint density at radius 2 is 2.16 bits per heavy atom. The van der Waals surface area contributed by atoms with Crippen LogP contribution in [0.5, 0.6) is 0 Å². The van der Waals surface area contributed by atoms with Gasteiger partial charge in [0.15, 0.2) is 0 Å². The van der Waals surface area contributed by atoms with E-state index in [0.29, 0.717) is 6.54 Å². The minimum absolute atomic E-state index is 0.0307. The molecule has 0 aliphatic rings. The summed E-state index contributed by atoms with van der Waals surface area (Å²) in [5, 5.41) is 15.6. The average molecular weight is 285 g/mol.